The van der Waals surface area contributed by atoms with E-state index < -0.39 is 0 Å². The van der Waals surface area contributed by atoms with Crippen LogP contribution in [0.3, 0.4) is 0 Å². The number of quaternary nitrogens is 1. The van der Waals surface area contributed by atoms with Crippen LogP contribution in [-0.4, -0.2) is 36.7 Å². The van der Waals surface area contributed by atoms with Crippen molar-refractivity contribution >= 4 is 5.91 Å². The van der Waals surface area contributed by atoms with Gasteiger partial charge in [-0.25, -0.2) is 4.79 Å². The van der Waals surface area contributed by atoms with Crippen molar-refractivity contribution < 1.29 is 14.3 Å². The topological polar surface area (TPSA) is 39.2 Å². The Kier molecular flexibility index (Phi) is 2.75. The minimum atomic E-state index is -0.121. The van der Waals surface area contributed by atoms with Crippen LogP contribution in [0, 0.1) is 0 Å². The minimum absolute atomic E-state index is 0.0927. The highest BCUT2D eigenvalue weighted by atomic mass is 16.7. The molecule has 4 heteroatoms. The third-order valence-electron chi connectivity index (χ3n) is 1.87. The molecule has 0 atom stereocenters. The second kappa shape index (κ2) is 3.64. The Hall–Kier alpha value is -1.26. The van der Waals surface area contributed by atoms with E-state index in [2.05, 4.69) is 4.98 Å². The smallest absolute Gasteiger partial charge is 0.265 e. The van der Waals surface area contributed by atoms with E-state index in [-0.39, 0.29) is 10.6 Å². The van der Waals surface area contributed by atoms with Gasteiger partial charge in [-0.1, -0.05) is 0 Å². The van der Waals surface area contributed by atoms with Crippen LogP contribution in [0.15, 0.2) is 24.5 Å². The number of carbonyl (C=O) groups is 1. The second-order valence-electron chi connectivity index (χ2n) is 3.07. The van der Waals surface area contributed by atoms with Crippen LogP contribution in [0.2, 0.25) is 0 Å². The first kappa shape index (κ1) is 9.83. The molecule has 0 aliphatic rings. The van der Waals surface area contributed by atoms with Crippen molar-refractivity contribution in [1.82, 2.24) is 4.98 Å². The number of hydroxylamine groups is 3. The van der Waals surface area contributed by atoms with Gasteiger partial charge in [-0.05, 0) is 12.1 Å². The van der Waals surface area contributed by atoms with Crippen molar-refractivity contribution in [3.8, 4) is 0 Å². The standard InChI is InChI=1S/C9H13N2O2/c1-11(2,13-3)9(12)8-4-6-10-7-5-8/h4-7H,1-3H3/q+1. The molecule has 0 N–H and O–H groups in total. The van der Waals surface area contributed by atoms with E-state index in [9.17, 15) is 4.79 Å². The average Bonchev–Trinajstić information content (AvgIpc) is 2.18. The van der Waals surface area contributed by atoms with Gasteiger partial charge in [0.25, 0.3) is 0 Å². The number of amides is 1. The van der Waals surface area contributed by atoms with Crippen LogP contribution < -0.4 is 0 Å². The molecular weight excluding hydrogens is 168 g/mol. The molecule has 0 fully saturated rings. The zero-order valence-electron chi connectivity index (χ0n) is 8.02. The van der Waals surface area contributed by atoms with E-state index in [1.807, 2.05) is 0 Å². The Labute approximate surface area is 77.3 Å². The molecule has 0 saturated carbocycles. The monoisotopic (exact) mass is 181 g/mol. The molecule has 0 spiro atoms. The first-order valence-electron chi connectivity index (χ1n) is 3.92. The van der Waals surface area contributed by atoms with Crippen molar-refractivity contribution in [1.29, 1.82) is 0 Å². The molecule has 70 valence electrons. The van der Waals surface area contributed by atoms with E-state index in [4.69, 9.17) is 4.84 Å². The van der Waals surface area contributed by atoms with Gasteiger partial charge in [-0.3, -0.25) is 4.98 Å². The Morgan fingerprint density at radius 1 is 1.38 bits per heavy atom. The summed E-state index contributed by atoms with van der Waals surface area (Å²) >= 11 is 0. The predicted octanol–water partition coefficient (Wildman–Crippen LogP) is 0.860. The zero-order valence-corrected chi connectivity index (χ0v) is 8.02. The quantitative estimate of drug-likeness (QED) is 0.501. The Morgan fingerprint density at radius 2 is 1.92 bits per heavy atom. The van der Waals surface area contributed by atoms with E-state index in [1.54, 1.807) is 38.6 Å². The van der Waals surface area contributed by atoms with Crippen molar-refractivity contribution in [3.63, 3.8) is 0 Å². The van der Waals surface area contributed by atoms with Crippen LogP contribution in [-0.2, 0) is 4.84 Å². The van der Waals surface area contributed by atoms with E-state index >= 15 is 0 Å². The molecule has 0 unspecified atom stereocenters. The third-order valence-corrected chi connectivity index (χ3v) is 1.87. The van der Waals surface area contributed by atoms with E-state index in [0.29, 0.717) is 5.56 Å². The van der Waals surface area contributed by atoms with Gasteiger partial charge < -0.3 is 0 Å². The number of pyridine rings is 1. The summed E-state index contributed by atoms with van der Waals surface area (Å²) in [5, 5.41) is 0. The van der Waals surface area contributed by atoms with Gasteiger partial charge >= 0.3 is 5.91 Å². The van der Waals surface area contributed by atoms with Gasteiger partial charge in [0.1, 0.15) is 14.1 Å². The molecular formula is C9H13N2O2+. The number of carbonyl (C=O) groups excluding carboxylic acids is 1. The maximum Gasteiger partial charge on any atom is 0.377 e. The highest BCUT2D eigenvalue weighted by Crippen LogP contribution is 2.07. The molecule has 0 aromatic carbocycles. The summed E-state index contributed by atoms with van der Waals surface area (Å²) in [6.07, 6.45) is 3.17. The normalized spacial score (nSPS) is 11.3. The van der Waals surface area contributed by atoms with Crippen molar-refractivity contribution in [2.45, 2.75) is 0 Å². The molecule has 0 bridgehead atoms. The Balaban J connectivity index is 2.93. The van der Waals surface area contributed by atoms with Crippen LogP contribution in [0.1, 0.15) is 10.4 Å². The summed E-state index contributed by atoms with van der Waals surface area (Å²) in [6, 6.07) is 3.34. The van der Waals surface area contributed by atoms with Crippen molar-refractivity contribution in [3.05, 3.63) is 30.1 Å². The lowest BCUT2D eigenvalue weighted by Crippen LogP contribution is -2.44. The summed E-state index contributed by atoms with van der Waals surface area (Å²) in [5.74, 6) is -0.0927. The SMILES string of the molecule is CO[N+](C)(C)C(=O)c1ccncc1. The molecule has 1 aromatic heterocycles. The molecule has 1 rings (SSSR count). The minimum Gasteiger partial charge on any atom is -0.265 e. The van der Waals surface area contributed by atoms with Crippen LogP contribution in [0.25, 0.3) is 0 Å². The van der Waals surface area contributed by atoms with Gasteiger partial charge in [-0.15, -0.1) is 4.65 Å². The summed E-state index contributed by atoms with van der Waals surface area (Å²) in [4.78, 5) is 20.6. The lowest BCUT2D eigenvalue weighted by Gasteiger charge is -2.21. The molecule has 13 heavy (non-hydrogen) atoms. The predicted molar refractivity (Wildman–Crippen MR) is 47.7 cm³/mol. The Bertz CT molecular complexity index is 296. The molecule has 1 amide bonds. The maximum absolute atomic E-state index is 11.7. The molecule has 0 radical (unpaired) electrons. The van der Waals surface area contributed by atoms with Crippen LogP contribution in [0.4, 0.5) is 0 Å². The van der Waals surface area contributed by atoms with E-state index in [0.717, 1.165) is 0 Å². The maximum atomic E-state index is 11.7. The fourth-order valence-corrected chi connectivity index (χ4v) is 0.888. The fraction of sp³-hybridized carbons (Fsp3) is 0.333. The van der Waals surface area contributed by atoms with Gasteiger partial charge in [0.2, 0.25) is 0 Å². The van der Waals surface area contributed by atoms with Gasteiger partial charge in [0.15, 0.2) is 0 Å². The molecule has 0 aliphatic carbocycles. The first-order chi connectivity index (χ1) is 6.08. The van der Waals surface area contributed by atoms with Gasteiger partial charge in [0.05, 0.1) is 12.7 Å². The number of hydrogen-bond acceptors (Lipinski definition) is 3. The molecule has 1 aromatic rings. The summed E-state index contributed by atoms with van der Waals surface area (Å²) in [5.41, 5.74) is 0.599. The Morgan fingerprint density at radius 3 is 2.38 bits per heavy atom. The highest BCUT2D eigenvalue weighted by Gasteiger charge is 2.28. The molecule has 1 heterocycles. The molecule has 4 nitrogen and oxygen atoms in total. The zero-order chi connectivity index (χ0) is 9.90. The van der Waals surface area contributed by atoms with E-state index in [1.165, 1.54) is 7.11 Å². The summed E-state index contributed by atoms with van der Waals surface area (Å²) in [6.45, 7) is 0. The van der Waals surface area contributed by atoms with Crippen LogP contribution >= 0.6 is 0 Å². The first-order valence-corrected chi connectivity index (χ1v) is 3.92. The number of aromatic nitrogens is 1. The van der Waals surface area contributed by atoms with Crippen molar-refractivity contribution in [2.75, 3.05) is 21.2 Å². The average molecular weight is 181 g/mol. The number of nitrogens with zero attached hydrogens (tertiary/aromatic N) is 2. The summed E-state index contributed by atoms with van der Waals surface area (Å²) < 4.78 is -0.121. The largest absolute Gasteiger partial charge is 0.377 e. The highest BCUT2D eigenvalue weighted by molar-refractivity contribution is 5.88. The number of rotatable bonds is 2. The lowest BCUT2D eigenvalue weighted by molar-refractivity contribution is -1.01. The molecule has 0 aliphatic heterocycles. The fourth-order valence-electron chi connectivity index (χ4n) is 0.888. The van der Waals surface area contributed by atoms with Crippen molar-refractivity contribution in [2.24, 2.45) is 0 Å². The van der Waals surface area contributed by atoms with Crippen LogP contribution in [0.5, 0.6) is 0 Å². The number of hydrogen-bond donors (Lipinski definition) is 0. The summed E-state index contributed by atoms with van der Waals surface area (Å²) in [7, 11) is 4.87. The van der Waals surface area contributed by atoms with Gasteiger partial charge in [-0.2, -0.15) is 4.84 Å². The lowest BCUT2D eigenvalue weighted by atomic mass is 10.2. The second-order valence-corrected chi connectivity index (χ2v) is 3.07. The third kappa shape index (κ3) is 2.11. The molecule has 0 saturated heterocycles. The van der Waals surface area contributed by atoms with Gasteiger partial charge in [0, 0.05) is 12.4 Å².